The molecule has 1 aliphatic carbocycles. The summed E-state index contributed by atoms with van der Waals surface area (Å²) in [6, 6.07) is 4.61. The van der Waals surface area contributed by atoms with Crippen molar-refractivity contribution in [3.63, 3.8) is 0 Å². The predicted octanol–water partition coefficient (Wildman–Crippen LogP) is 3.65. The van der Waals surface area contributed by atoms with Gasteiger partial charge in [-0.2, -0.15) is 4.98 Å². The van der Waals surface area contributed by atoms with Crippen molar-refractivity contribution >= 4 is 22.8 Å². The van der Waals surface area contributed by atoms with E-state index in [2.05, 4.69) is 20.1 Å². The van der Waals surface area contributed by atoms with Crippen molar-refractivity contribution in [3.05, 3.63) is 69.3 Å². The van der Waals surface area contributed by atoms with Gasteiger partial charge in [0, 0.05) is 18.0 Å². The van der Waals surface area contributed by atoms with Crippen LogP contribution >= 0.6 is 11.6 Å². The number of hydrogen-bond donors (Lipinski definition) is 0. The molecule has 1 aliphatic rings. The van der Waals surface area contributed by atoms with Crippen molar-refractivity contribution < 1.29 is 8.91 Å². The van der Waals surface area contributed by atoms with E-state index in [4.69, 9.17) is 16.1 Å². The molecule has 0 saturated heterocycles. The van der Waals surface area contributed by atoms with Crippen LogP contribution in [0.2, 0.25) is 5.02 Å². The lowest BCUT2D eigenvalue weighted by Gasteiger charge is -2.33. The van der Waals surface area contributed by atoms with Gasteiger partial charge in [0.2, 0.25) is 5.89 Å². The minimum Gasteiger partial charge on any atom is -0.337 e. The number of imidazole rings is 1. The summed E-state index contributed by atoms with van der Waals surface area (Å²) in [7, 11) is 1.74. The summed E-state index contributed by atoms with van der Waals surface area (Å²) >= 11 is 5.98. The van der Waals surface area contributed by atoms with Crippen molar-refractivity contribution in [2.75, 3.05) is 0 Å². The molecule has 0 aliphatic heterocycles. The highest BCUT2D eigenvalue weighted by atomic mass is 35.5. The average molecular weight is 431 g/mol. The monoisotopic (exact) mass is 430 g/mol. The van der Waals surface area contributed by atoms with Crippen molar-refractivity contribution in [3.8, 4) is 0 Å². The van der Waals surface area contributed by atoms with Gasteiger partial charge in [-0.25, -0.2) is 14.4 Å². The Morgan fingerprint density at radius 2 is 2.00 bits per heavy atom. The maximum Gasteiger partial charge on any atom is 0.280 e. The summed E-state index contributed by atoms with van der Waals surface area (Å²) < 4.78 is 22.4. The van der Waals surface area contributed by atoms with Crippen LogP contribution in [0.25, 0.3) is 11.2 Å². The van der Waals surface area contributed by atoms with Crippen LogP contribution in [0.3, 0.4) is 0 Å². The zero-order valence-electron chi connectivity index (χ0n) is 15.4. The summed E-state index contributed by atoms with van der Waals surface area (Å²) in [5.41, 5.74) is 1.21. The van der Waals surface area contributed by atoms with Gasteiger partial charge >= 0.3 is 0 Å². The molecule has 1 aromatic carbocycles. The number of hydrogen-bond acceptors (Lipinski definition) is 6. The van der Waals surface area contributed by atoms with Gasteiger partial charge in [0.1, 0.15) is 18.7 Å². The van der Waals surface area contributed by atoms with Gasteiger partial charge in [0.05, 0.1) is 6.33 Å². The molecular weight excluding hydrogens is 411 g/mol. The maximum atomic E-state index is 14.0. The normalized spacial score (nSPS) is 18.2. The van der Waals surface area contributed by atoms with Gasteiger partial charge < -0.3 is 9.09 Å². The Balaban J connectivity index is 0.00000218. The second-order valence-electron chi connectivity index (χ2n) is 7.28. The first-order valence-corrected chi connectivity index (χ1v) is 9.51. The summed E-state index contributed by atoms with van der Waals surface area (Å²) in [5.74, 6) is 0.818. The van der Waals surface area contributed by atoms with Crippen molar-refractivity contribution in [1.82, 2.24) is 29.2 Å². The van der Waals surface area contributed by atoms with Crippen LogP contribution in [0.1, 0.15) is 49.4 Å². The van der Waals surface area contributed by atoms with Crippen LogP contribution in [-0.4, -0.2) is 29.2 Å². The Labute approximate surface area is 176 Å². The Morgan fingerprint density at radius 3 is 2.80 bits per heavy atom. The molecule has 0 N–H and O–H groups in total. The highest BCUT2D eigenvalue weighted by Crippen LogP contribution is 2.47. The molecule has 3 heterocycles. The van der Waals surface area contributed by atoms with E-state index in [9.17, 15) is 9.18 Å². The number of halogens is 2. The van der Waals surface area contributed by atoms with Crippen LogP contribution < -0.4 is 5.56 Å². The summed E-state index contributed by atoms with van der Waals surface area (Å²) in [6.45, 7) is 0.124. The van der Waals surface area contributed by atoms with Crippen molar-refractivity contribution in [2.24, 2.45) is 7.05 Å². The number of benzene rings is 1. The molecule has 5 rings (SSSR count). The van der Waals surface area contributed by atoms with E-state index in [0.29, 0.717) is 33.5 Å². The number of fused-ring (bicyclic) bond motifs is 1. The molecule has 30 heavy (non-hydrogen) atoms. The molecule has 0 spiro atoms. The quantitative estimate of drug-likeness (QED) is 0.490. The molecule has 10 heteroatoms. The molecule has 0 unspecified atom stereocenters. The zero-order chi connectivity index (χ0) is 20.1. The zero-order valence-corrected chi connectivity index (χ0v) is 16.2. The molecule has 0 amide bonds. The minimum absolute atomic E-state index is 0. The van der Waals surface area contributed by atoms with Crippen LogP contribution in [0.15, 0.2) is 40.2 Å². The van der Waals surface area contributed by atoms with E-state index in [1.165, 1.54) is 17.0 Å². The molecule has 1 saturated carbocycles. The third kappa shape index (κ3) is 3.39. The average Bonchev–Trinajstić information content (AvgIpc) is 3.26. The third-order valence-electron chi connectivity index (χ3n) is 5.39. The topological polar surface area (TPSA) is 91.6 Å². The lowest BCUT2D eigenvalue weighted by atomic mass is 9.71. The van der Waals surface area contributed by atoms with Crippen LogP contribution in [-0.2, 0) is 13.6 Å². The van der Waals surface area contributed by atoms with E-state index in [-0.39, 0.29) is 37.2 Å². The van der Waals surface area contributed by atoms with Gasteiger partial charge in [-0.3, -0.25) is 9.36 Å². The predicted molar refractivity (Wildman–Crippen MR) is 109 cm³/mol. The summed E-state index contributed by atoms with van der Waals surface area (Å²) in [5, 5.41) is 4.57. The molecule has 8 nitrogen and oxygen atoms in total. The second-order valence-corrected chi connectivity index (χ2v) is 7.72. The fourth-order valence-corrected chi connectivity index (χ4v) is 3.92. The van der Waals surface area contributed by atoms with E-state index >= 15 is 0 Å². The van der Waals surface area contributed by atoms with Gasteiger partial charge in [-0.1, -0.05) is 24.2 Å². The molecule has 0 atom stereocenters. The first-order valence-electron chi connectivity index (χ1n) is 9.13. The van der Waals surface area contributed by atoms with Gasteiger partial charge in [-0.15, -0.1) is 0 Å². The van der Waals surface area contributed by atoms with Crippen LogP contribution in [0.5, 0.6) is 0 Å². The Morgan fingerprint density at radius 1 is 1.23 bits per heavy atom. The van der Waals surface area contributed by atoms with Gasteiger partial charge in [0.15, 0.2) is 17.0 Å². The SMILES string of the molecule is C.Cn1cnc2ncn(Cc3nc(C4CC(c5cc(Cl)ccc5F)C4)no3)c(=O)c21. The van der Waals surface area contributed by atoms with Crippen molar-refractivity contribution in [2.45, 2.75) is 38.6 Å². The summed E-state index contributed by atoms with van der Waals surface area (Å²) in [6.07, 6.45) is 4.41. The van der Waals surface area contributed by atoms with E-state index < -0.39 is 0 Å². The minimum atomic E-state index is -0.246. The Bertz CT molecular complexity index is 1270. The molecule has 0 bridgehead atoms. The first-order chi connectivity index (χ1) is 14.0. The smallest absolute Gasteiger partial charge is 0.280 e. The third-order valence-corrected chi connectivity index (χ3v) is 5.63. The fraction of sp³-hybridized carbons (Fsp3) is 0.350. The van der Waals surface area contributed by atoms with E-state index in [1.807, 2.05) is 0 Å². The Kier molecular flexibility index (Phi) is 5.15. The van der Waals surface area contributed by atoms with Crippen LogP contribution in [0, 0.1) is 5.82 Å². The first kappa shape index (κ1) is 20.2. The molecular formula is C20H20ClFN6O2. The van der Waals surface area contributed by atoms with E-state index in [1.54, 1.807) is 30.1 Å². The number of aromatic nitrogens is 6. The number of rotatable bonds is 4. The lowest BCUT2D eigenvalue weighted by Crippen LogP contribution is -2.23. The lowest BCUT2D eigenvalue weighted by molar-refractivity contribution is 0.310. The largest absolute Gasteiger partial charge is 0.337 e. The standard InChI is InChI=1S/C19H16ClFN6O2.CH4/c1-26-8-22-18-16(26)19(28)27(9-23-18)7-15-24-17(25-29-15)11-4-10(5-11)13-6-12(20)2-3-14(13)21;/h2-3,6,8-11H,4-5,7H2,1H3;1H4. The molecule has 3 aromatic heterocycles. The van der Waals surface area contributed by atoms with Gasteiger partial charge in [-0.05, 0) is 42.5 Å². The summed E-state index contributed by atoms with van der Waals surface area (Å²) in [4.78, 5) is 25.3. The number of nitrogens with zero attached hydrogens (tertiary/aromatic N) is 6. The highest BCUT2D eigenvalue weighted by Gasteiger charge is 2.36. The molecule has 0 radical (unpaired) electrons. The molecule has 156 valence electrons. The number of aryl methyl sites for hydroxylation is 1. The van der Waals surface area contributed by atoms with Crippen molar-refractivity contribution in [1.29, 1.82) is 0 Å². The molecule has 4 aromatic rings. The van der Waals surface area contributed by atoms with E-state index in [0.717, 1.165) is 12.8 Å². The van der Waals surface area contributed by atoms with Gasteiger partial charge in [0.25, 0.3) is 5.56 Å². The maximum absolute atomic E-state index is 14.0. The highest BCUT2D eigenvalue weighted by molar-refractivity contribution is 6.30. The van der Waals surface area contributed by atoms with Crippen LogP contribution in [0.4, 0.5) is 4.39 Å². The Hall–Kier alpha value is -3.07. The fourth-order valence-electron chi connectivity index (χ4n) is 3.74. The second kappa shape index (κ2) is 7.64. The molecule has 1 fully saturated rings.